The molecule has 19 heavy (non-hydrogen) atoms. The molecule has 0 spiro atoms. The molecule has 4 nitrogen and oxygen atoms in total. The molecule has 0 aliphatic heterocycles. The van der Waals surface area contributed by atoms with Crippen molar-refractivity contribution in [1.29, 1.82) is 0 Å². The Bertz CT molecular complexity index is 653. The third kappa shape index (κ3) is 2.37. The molecule has 0 aliphatic carbocycles. The zero-order valence-corrected chi connectivity index (χ0v) is 11.6. The molecule has 0 saturated carbocycles. The third-order valence-electron chi connectivity index (χ3n) is 2.88. The van der Waals surface area contributed by atoms with Crippen molar-refractivity contribution >= 4 is 17.0 Å². The summed E-state index contributed by atoms with van der Waals surface area (Å²) in [4.78, 5) is 7.70. The van der Waals surface area contributed by atoms with Gasteiger partial charge < -0.3 is 4.90 Å². The molecule has 3 rings (SSSR count). The number of nitrogens with zero attached hydrogens (tertiary/aromatic N) is 3. The fraction of sp³-hybridized carbons (Fsp3) is 0.143. The Hall–Kier alpha value is -2.14. The maximum Gasteiger partial charge on any atom is 0.181 e. The molecule has 1 N–H and O–H groups in total. The van der Waals surface area contributed by atoms with E-state index in [1.54, 1.807) is 11.3 Å². The number of aromatic nitrogens is 3. The number of hydrogen-bond donors (Lipinski definition) is 1. The smallest absolute Gasteiger partial charge is 0.181 e. The van der Waals surface area contributed by atoms with Gasteiger partial charge in [0.1, 0.15) is 0 Å². The van der Waals surface area contributed by atoms with Crippen molar-refractivity contribution in [2.45, 2.75) is 0 Å². The van der Waals surface area contributed by atoms with Gasteiger partial charge in [0.25, 0.3) is 0 Å². The lowest BCUT2D eigenvalue weighted by Gasteiger charge is -2.11. The number of anilines is 1. The third-order valence-corrected chi connectivity index (χ3v) is 3.76. The highest BCUT2D eigenvalue weighted by atomic mass is 32.1. The number of nitrogens with one attached hydrogen (secondary N) is 1. The molecule has 1 aromatic carbocycles. The Balaban J connectivity index is 1.90. The molecule has 0 saturated heterocycles. The average molecular weight is 270 g/mol. The van der Waals surface area contributed by atoms with Crippen LogP contribution >= 0.6 is 11.3 Å². The molecule has 96 valence electrons. The van der Waals surface area contributed by atoms with Crippen molar-refractivity contribution in [3.8, 4) is 22.1 Å². The molecule has 0 atom stereocenters. The van der Waals surface area contributed by atoms with E-state index >= 15 is 0 Å². The Morgan fingerprint density at radius 3 is 2.53 bits per heavy atom. The Morgan fingerprint density at radius 2 is 1.89 bits per heavy atom. The van der Waals surface area contributed by atoms with Crippen LogP contribution in [0.1, 0.15) is 0 Å². The predicted octanol–water partition coefficient (Wildman–Crippen LogP) is 3.27. The minimum atomic E-state index is 0.730. The maximum absolute atomic E-state index is 4.53. The maximum atomic E-state index is 4.53. The summed E-state index contributed by atoms with van der Waals surface area (Å²) >= 11 is 1.65. The van der Waals surface area contributed by atoms with Crippen LogP contribution in [0.2, 0.25) is 0 Å². The summed E-state index contributed by atoms with van der Waals surface area (Å²) in [6.45, 7) is 0. The first kappa shape index (κ1) is 11.9. The second-order valence-electron chi connectivity index (χ2n) is 4.43. The molecule has 0 amide bonds. The second-order valence-corrected chi connectivity index (χ2v) is 5.37. The number of H-pyrrole nitrogens is 1. The largest absolute Gasteiger partial charge is 0.378 e. The monoisotopic (exact) mass is 270 g/mol. The quantitative estimate of drug-likeness (QED) is 0.794. The van der Waals surface area contributed by atoms with E-state index in [0.29, 0.717) is 0 Å². The van der Waals surface area contributed by atoms with Crippen molar-refractivity contribution in [3.05, 3.63) is 41.8 Å². The molecule has 0 unspecified atom stereocenters. The van der Waals surface area contributed by atoms with Crippen LogP contribution in [0, 0.1) is 0 Å². The first-order chi connectivity index (χ1) is 9.24. The van der Waals surface area contributed by atoms with Gasteiger partial charge in [0.15, 0.2) is 11.6 Å². The number of hydrogen-bond acceptors (Lipinski definition) is 4. The lowest BCUT2D eigenvalue weighted by atomic mass is 10.2. The molecule has 3 aromatic rings. The van der Waals surface area contributed by atoms with Crippen LogP contribution in [0.3, 0.4) is 0 Å². The van der Waals surface area contributed by atoms with Crippen LogP contribution in [0.25, 0.3) is 22.1 Å². The van der Waals surface area contributed by atoms with Crippen molar-refractivity contribution < 1.29 is 0 Å². The minimum absolute atomic E-state index is 0.730. The first-order valence-corrected chi connectivity index (χ1v) is 6.86. The highest BCUT2D eigenvalue weighted by molar-refractivity contribution is 7.13. The van der Waals surface area contributed by atoms with E-state index in [9.17, 15) is 0 Å². The standard InChI is InChI=1S/C14H14N4S/c1-18(2)11-7-5-10(6-8-11)13-15-14(17-16-13)12-4-3-9-19-12/h3-9H,1-2H3,(H,15,16,17). The Labute approximate surface area is 115 Å². The zero-order valence-electron chi connectivity index (χ0n) is 10.8. The van der Waals surface area contributed by atoms with E-state index in [2.05, 4.69) is 32.2 Å². The molecule has 5 heteroatoms. The summed E-state index contributed by atoms with van der Waals surface area (Å²) in [6.07, 6.45) is 0. The zero-order chi connectivity index (χ0) is 13.2. The van der Waals surface area contributed by atoms with Crippen molar-refractivity contribution in [3.63, 3.8) is 0 Å². The van der Waals surface area contributed by atoms with E-state index in [1.165, 1.54) is 0 Å². The van der Waals surface area contributed by atoms with Gasteiger partial charge in [-0.05, 0) is 35.7 Å². The number of rotatable bonds is 3. The normalized spacial score (nSPS) is 10.6. The summed E-state index contributed by atoms with van der Waals surface area (Å²) in [5.74, 6) is 1.55. The van der Waals surface area contributed by atoms with Gasteiger partial charge in [0, 0.05) is 25.3 Å². The van der Waals surface area contributed by atoms with Crippen LogP contribution < -0.4 is 4.90 Å². The average Bonchev–Trinajstić information content (AvgIpc) is 3.10. The fourth-order valence-corrected chi connectivity index (χ4v) is 2.49. The fourth-order valence-electron chi connectivity index (χ4n) is 1.82. The van der Waals surface area contributed by atoms with E-state index in [4.69, 9.17) is 0 Å². The van der Waals surface area contributed by atoms with E-state index in [0.717, 1.165) is 27.8 Å². The van der Waals surface area contributed by atoms with E-state index < -0.39 is 0 Å². The van der Waals surface area contributed by atoms with E-state index in [-0.39, 0.29) is 0 Å². The van der Waals surface area contributed by atoms with Crippen LogP contribution in [0.4, 0.5) is 5.69 Å². The molecule has 0 radical (unpaired) electrons. The molecule has 2 aromatic heterocycles. The first-order valence-electron chi connectivity index (χ1n) is 5.98. The number of benzene rings is 1. The Kier molecular flexibility index (Phi) is 3.05. The van der Waals surface area contributed by atoms with Crippen LogP contribution in [0.15, 0.2) is 41.8 Å². The Morgan fingerprint density at radius 1 is 1.11 bits per heavy atom. The van der Waals surface area contributed by atoms with Crippen molar-refractivity contribution in [2.75, 3.05) is 19.0 Å². The highest BCUT2D eigenvalue weighted by Gasteiger charge is 2.08. The summed E-state index contributed by atoms with van der Waals surface area (Å²) in [5.41, 5.74) is 2.18. The summed E-state index contributed by atoms with van der Waals surface area (Å²) in [5, 5.41) is 9.29. The topological polar surface area (TPSA) is 44.8 Å². The SMILES string of the molecule is CN(C)c1ccc(-c2n[nH]c(-c3cccs3)n2)cc1. The molecular weight excluding hydrogens is 256 g/mol. The van der Waals surface area contributed by atoms with Crippen LogP contribution in [-0.4, -0.2) is 29.3 Å². The summed E-state index contributed by atoms with van der Waals surface area (Å²) in [6, 6.07) is 12.2. The summed E-state index contributed by atoms with van der Waals surface area (Å²) < 4.78 is 0. The number of thiophene rings is 1. The molecule has 0 aliphatic rings. The van der Waals surface area contributed by atoms with Gasteiger partial charge in [0.2, 0.25) is 0 Å². The van der Waals surface area contributed by atoms with Gasteiger partial charge in [-0.25, -0.2) is 4.98 Å². The lowest BCUT2D eigenvalue weighted by molar-refractivity contribution is 1.10. The van der Waals surface area contributed by atoms with Gasteiger partial charge in [-0.3, -0.25) is 5.10 Å². The van der Waals surface area contributed by atoms with Gasteiger partial charge in [-0.15, -0.1) is 11.3 Å². The summed E-state index contributed by atoms with van der Waals surface area (Å²) in [7, 11) is 4.05. The molecule has 0 fully saturated rings. The van der Waals surface area contributed by atoms with Gasteiger partial charge in [-0.2, -0.15) is 5.10 Å². The highest BCUT2D eigenvalue weighted by Crippen LogP contribution is 2.24. The molecular formula is C14H14N4S. The number of aromatic amines is 1. The van der Waals surface area contributed by atoms with Gasteiger partial charge >= 0.3 is 0 Å². The molecule has 2 heterocycles. The minimum Gasteiger partial charge on any atom is -0.378 e. The van der Waals surface area contributed by atoms with Gasteiger partial charge in [-0.1, -0.05) is 6.07 Å². The van der Waals surface area contributed by atoms with Crippen molar-refractivity contribution in [2.24, 2.45) is 0 Å². The van der Waals surface area contributed by atoms with Crippen LogP contribution in [-0.2, 0) is 0 Å². The van der Waals surface area contributed by atoms with Crippen molar-refractivity contribution in [1.82, 2.24) is 15.2 Å². The van der Waals surface area contributed by atoms with Gasteiger partial charge in [0.05, 0.1) is 4.88 Å². The van der Waals surface area contributed by atoms with Crippen LogP contribution in [0.5, 0.6) is 0 Å². The van der Waals surface area contributed by atoms with E-state index in [1.807, 2.05) is 43.7 Å². The molecule has 0 bridgehead atoms. The lowest BCUT2D eigenvalue weighted by Crippen LogP contribution is -2.07. The predicted molar refractivity (Wildman–Crippen MR) is 79.5 cm³/mol. The second kappa shape index (κ2) is 4.85.